The number of carboxylic acid groups (broad SMARTS) is 1. The highest BCUT2D eigenvalue weighted by molar-refractivity contribution is 8.01. The Morgan fingerprint density at radius 3 is 2.44 bits per heavy atom. The molecule has 0 spiro atoms. The molecule has 8 heteroatoms. The van der Waals surface area contributed by atoms with E-state index in [1.807, 2.05) is 0 Å². The molecule has 0 aromatic rings. The second kappa shape index (κ2) is 4.36. The molecule has 102 valence electrons. The molecule has 2 aliphatic carbocycles. The van der Waals surface area contributed by atoms with E-state index in [-0.39, 0.29) is 11.4 Å². The second-order valence-electron chi connectivity index (χ2n) is 5.14. The highest BCUT2D eigenvalue weighted by Gasteiger charge is 2.51. The van der Waals surface area contributed by atoms with Crippen molar-refractivity contribution >= 4 is 27.9 Å². The lowest BCUT2D eigenvalue weighted by Gasteiger charge is -2.26. The van der Waals surface area contributed by atoms with Crippen LogP contribution in [0.25, 0.3) is 0 Å². The summed E-state index contributed by atoms with van der Waals surface area (Å²) in [7, 11) is -3.66. The van der Waals surface area contributed by atoms with Crippen LogP contribution in [0.3, 0.4) is 0 Å². The molecule has 1 saturated heterocycles. The predicted octanol–water partition coefficient (Wildman–Crippen LogP) is 0.221. The zero-order chi connectivity index (χ0) is 12.9. The van der Waals surface area contributed by atoms with E-state index < -0.39 is 22.2 Å². The topological polar surface area (TPSA) is 86.7 Å². The molecule has 2 unspecified atom stereocenters. The zero-order valence-electron chi connectivity index (χ0n) is 9.78. The smallest absolute Gasteiger partial charge is 0.322 e. The van der Waals surface area contributed by atoms with Crippen molar-refractivity contribution in [1.82, 2.24) is 9.03 Å². The van der Waals surface area contributed by atoms with Gasteiger partial charge >= 0.3 is 5.97 Å². The lowest BCUT2D eigenvalue weighted by molar-refractivity contribution is -0.140. The van der Waals surface area contributed by atoms with E-state index in [1.54, 1.807) is 0 Å². The summed E-state index contributed by atoms with van der Waals surface area (Å²) in [5.74, 6) is -0.371. The Labute approximate surface area is 110 Å². The maximum atomic E-state index is 12.3. The Hall–Kier alpha value is -0.310. The molecule has 1 heterocycles. The van der Waals surface area contributed by atoms with E-state index in [9.17, 15) is 13.2 Å². The van der Waals surface area contributed by atoms with Gasteiger partial charge in [0.15, 0.2) is 0 Å². The van der Waals surface area contributed by atoms with Gasteiger partial charge in [0.1, 0.15) is 6.04 Å². The lowest BCUT2D eigenvalue weighted by atomic mass is 10.3. The van der Waals surface area contributed by atoms with Crippen LogP contribution < -0.4 is 4.72 Å². The predicted molar refractivity (Wildman–Crippen MR) is 67.3 cm³/mol. The fraction of sp³-hybridized carbons (Fsp3) is 0.900. The van der Waals surface area contributed by atoms with Gasteiger partial charge in [-0.3, -0.25) is 4.79 Å². The van der Waals surface area contributed by atoms with Crippen LogP contribution in [0.1, 0.15) is 25.7 Å². The molecule has 0 amide bonds. The number of nitrogens with zero attached hydrogens (tertiary/aromatic N) is 1. The number of rotatable bonds is 5. The van der Waals surface area contributed by atoms with Gasteiger partial charge < -0.3 is 5.11 Å². The molecule has 2 saturated carbocycles. The third kappa shape index (κ3) is 2.38. The molecule has 1 aliphatic heterocycles. The van der Waals surface area contributed by atoms with Crippen molar-refractivity contribution in [2.24, 2.45) is 5.92 Å². The third-order valence-corrected chi connectivity index (χ3v) is 6.73. The summed E-state index contributed by atoms with van der Waals surface area (Å²) in [6.45, 7) is 0. The highest BCUT2D eigenvalue weighted by atomic mass is 32.2. The van der Waals surface area contributed by atoms with Crippen LogP contribution in [0, 0.1) is 5.92 Å². The van der Waals surface area contributed by atoms with Crippen LogP contribution in [-0.4, -0.2) is 47.0 Å². The van der Waals surface area contributed by atoms with Gasteiger partial charge in [0.2, 0.25) is 0 Å². The van der Waals surface area contributed by atoms with Crippen molar-refractivity contribution in [3.63, 3.8) is 0 Å². The molecule has 18 heavy (non-hydrogen) atoms. The summed E-state index contributed by atoms with van der Waals surface area (Å²) < 4.78 is 28.4. The number of hydrogen-bond donors (Lipinski definition) is 2. The van der Waals surface area contributed by atoms with Crippen LogP contribution in [0.4, 0.5) is 0 Å². The fourth-order valence-corrected chi connectivity index (χ4v) is 6.06. The van der Waals surface area contributed by atoms with E-state index in [0.29, 0.717) is 11.7 Å². The molecular weight excluding hydrogens is 276 g/mol. The Morgan fingerprint density at radius 2 is 1.94 bits per heavy atom. The van der Waals surface area contributed by atoms with Gasteiger partial charge in [-0.1, -0.05) is 0 Å². The minimum absolute atomic E-state index is 0.00916. The number of carboxylic acids is 1. The van der Waals surface area contributed by atoms with E-state index in [1.165, 1.54) is 16.1 Å². The first-order valence-electron chi connectivity index (χ1n) is 6.14. The quantitative estimate of drug-likeness (QED) is 0.757. The molecule has 0 radical (unpaired) electrons. The van der Waals surface area contributed by atoms with Crippen LogP contribution >= 0.6 is 11.8 Å². The maximum Gasteiger partial charge on any atom is 0.322 e. The maximum absolute atomic E-state index is 12.3. The Bertz CT molecular complexity index is 458. The highest BCUT2D eigenvalue weighted by Crippen LogP contribution is 2.46. The van der Waals surface area contributed by atoms with E-state index in [2.05, 4.69) is 4.72 Å². The number of aliphatic carboxylic acids is 1. The molecule has 6 nitrogen and oxygen atoms in total. The summed E-state index contributed by atoms with van der Waals surface area (Å²) in [5, 5.41) is 8.98. The van der Waals surface area contributed by atoms with Crippen molar-refractivity contribution in [3.8, 4) is 0 Å². The SMILES string of the molecule is O=C(O)C1CSC(C2CC2)N1S(=O)(=O)NC1CC1. The minimum Gasteiger partial charge on any atom is -0.480 e. The van der Waals surface area contributed by atoms with E-state index >= 15 is 0 Å². The first-order valence-corrected chi connectivity index (χ1v) is 8.63. The summed E-state index contributed by atoms with van der Waals surface area (Å²) in [5.41, 5.74) is 0. The number of nitrogens with one attached hydrogen (secondary N) is 1. The summed E-state index contributed by atoms with van der Waals surface area (Å²) in [4.78, 5) is 11.2. The van der Waals surface area contributed by atoms with Gasteiger partial charge in [0.05, 0.1) is 5.37 Å². The fourth-order valence-electron chi connectivity index (χ4n) is 2.20. The van der Waals surface area contributed by atoms with Crippen molar-refractivity contribution in [1.29, 1.82) is 0 Å². The Balaban J connectivity index is 1.84. The van der Waals surface area contributed by atoms with Gasteiger partial charge in [0.25, 0.3) is 10.2 Å². The van der Waals surface area contributed by atoms with E-state index in [0.717, 1.165) is 25.7 Å². The molecule has 3 rings (SSSR count). The number of thioether (sulfide) groups is 1. The monoisotopic (exact) mass is 292 g/mol. The van der Waals surface area contributed by atoms with Crippen LogP contribution in [0.15, 0.2) is 0 Å². The second-order valence-corrected chi connectivity index (χ2v) is 7.90. The minimum atomic E-state index is -3.66. The normalized spacial score (nSPS) is 33.8. The van der Waals surface area contributed by atoms with Crippen LogP contribution in [0.2, 0.25) is 0 Å². The van der Waals surface area contributed by atoms with Crippen LogP contribution in [0.5, 0.6) is 0 Å². The van der Waals surface area contributed by atoms with Gasteiger partial charge in [0, 0.05) is 11.8 Å². The van der Waals surface area contributed by atoms with Crippen molar-refractivity contribution in [3.05, 3.63) is 0 Å². The summed E-state index contributed by atoms with van der Waals surface area (Å²) >= 11 is 1.46. The average molecular weight is 292 g/mol. The van der Waals surface area contributed by atoms with Gasteiger partial charge in [-0.05, 0) is 31.6 Å². The molecule has 0 bridgehead atoms. The lowest BCUT2D eigenvalue weighted by Crippen LogP contribution is -2.51. The van der Waals surface area contributed by atoms with Gasteiger partial charge in [-0.15, -0.1) is 11.8 Å². The Morgan fingerprint density at radius 1 is 1.28 bits per heavy atom. The molecule has 3 aliphatic rings. The average Bonchev–Trinajstić information content (AvgIpc) is 3.19. The first kappa shape index (κ1) is 12.7. The van der Waals surface area contributed by atoms with Gasteiger partial charge in [-0.2, -0.15) is 17.4 Å². The third-order valence-electron chi connectivity index (χ3n) is 3.46. The Kier molecular flexibility index (Phi) is 3.08. The van der Waals surface area contributed by atoms with E-state index in [4.69, 9.17) is 5.11 Å². The zero-order valence-corrected chi connectivity index (χ0v) is 11.4. The first-order chi connectivity index (χ1) is 8.49. The molecule has 2 atom stereocenters. The van der Waals surface area contributed by atoms with Crippen molar-refractivity contribution in [2.75, 3.05) is 5.75 Å². The van der Waals surface area contributed by atoms with Gasteiger partial charge in [-0.25, -0.2) is 0 Å². The molecule has 2 N–H and O–H groups in total. The molecule has 0 aromatic carbocycles. The summed E-state index contributed by atoms with van der Waals surface area (Å²) in [6.07, 6.45) is 3.71. The van der Waals surface area contributed by atoms with Crippen LogP contribution in [-0.2, 0) is 15.0 Å². The molecular formula is C10H16N2O4S2. The molecule has 3 fully saturated rings. The molecule has 0 aromatic heterocycles. The van der Waals surface area contributed by atoms with Crippen molar-refractivity contribution in [2.45, 2.75) is 43.1 Å². The largest absolute Gasteiger partial charge is 0.480 e. The standard InChI is InChI=1S/C10H16N2O4S2/c13-10(14)8-5-17-9(6-1-2-6)12(8)18(15,16)11-7-3-4-7/h6-9,11H,1-5H2,(H,13,14). The number of hydrogen-bond acceptors (Lipinski definition) is 4. The summed E-state index contributed by atoms with van der Waals surface area (Å²) in [6, 6.07) is -0.910. The number of carbonyl (C=O) groups is 1. The van der Waals surface area contributed by atoms with Crippen molar-refractivity contribution < 1.29 is 18.3 Å².